The smallest absolute Gasteiger partial charge is 0.261 e. The van der Waals surface area contributed by atoms with Crippen molar-refractivity contribution in [3.05, 3.63) is 83.4 Å². The third-order valence-electron chi connectivity index (χ3n) is 5.05. The molecule has 174 valence electrons. The van der Waals surface area contributed by atoms with Crippen LogP contribution in [0.1, 0.15) is 21.5 Å². The van der Waals surface area contributed by atoms with Crippen LogP contribution < -0.4 is 14.8 Å². The molecule has 1 aromatic heterocycles. The summed E-state index contributed by atoms with van der Waals surface area (Å²) in [6, 6.07) is 18.7. The molecule has 0 spiro atoms. The average Bonchev–Trinajstić information content (AvgIpc) is 3.29. The van der Waals surface area contributed by atoms with Crippen molar-refractivity contribution in [1.29, 1.82) is 0 Å². The van der Waals surface area contributed by atoms with E-state index in [-0.39, 0.29) is 10.8 Å². The van der Waals surface area contributed by atoms with Crippen LogP contribution in [-0.2, 0) is 10.0 Å². The highest BCUT2D eigenvalue weighted by atomic mass is 32.2. The first-order valence-electron chi connectivity index (χ1n) is 10.2. The molecule has 0 unspecified atom stereocenters. The zero-order valence-electron chi connectivity index (χ0n) is 18.7. The minimum atomic E-state index is -3.74. The summed E-state index contributed by atoms with van der Waals surface area (Å²) in [6.45, 7) is 3.62. The van der Waals surface area contributed by atoms with Gasteiger partial charge in [0.1, 0.15) is 10.8 Å². The van der Waals surface area contributed by atoms with E-state index >= 15 is 0 Å². The summed E-state index contributed by atoms with van der Waals surface area (Å²) in [7, 11) is -2.14. The lowest BCUT2D eigenvalue weighted by molar-refractivity contribution is 0.102. The number of methoxy groups -OCH3 is 1. The first-order valence-corrected chi connectivity index (χ1v) is 12.5. The Morgan fingerprint density at radius 1 is 0.941 bits per heavy atom. The number of aromatic nitrogens is 2. The second-order valence-electron chi connectivity index (χ2n) is 7.54. The molecule has 0 aliphatic carbocycles. The molecule has 1 amide bonds. The zero-order valence-corrected chi connectivity index (χ0v) is 20.3. The molecule has 0 fully saturated rings. The summed E-state index contributed by atoms with van der Waals surface area (Å²) in [4.78, 5) is 12.9. The van der Waals surface area contributed by atoms with E-state index in [4.69, 9.17) is 4.74 Å². The quantitative estimate of drug-likeness (QED) is 0.379. The van der Waals surface area contributed by atoms with Gasteiger partial charge in [0.15, 0.2) is 0 Å². The summed E-state index contributed by atoms with van der Waals surface area (Å²) in [5, 5.41) is 11.9. The number of rotatable bonds is 7. The van der Waals surface area contributed by atoms with Crippen molar-refractivity contribution in [2.24, 2.45) is 0 Å². The fourth-order valence-corrected chi connectivity index (χ4v) is 5.01. The number of carbonyl (C=O) groups is 1. The molecule has 10 heteroatoms. The second-order valence-corrected chi connectivity index (χ2v) is 10.2. The lowest BCUT2D eigenvalue weighted by atomic mass is 10.1. The van der Waals surface area contributed by atoms with Crippen LogP contribution in [0.15, 0.2) is 71.6 Å². The Kier molecular flexibility index (Phi) is 6.62. The highest BCUT2D eigenvalue weighted by Gasteiger charge is 2.17. The van der Waals surface area contributed by atoms with Gasteiger partial charge < -0.3 is 4.74 Å². The molecule has 0 saturated carbocycles. The Balaban J connectivity index is 1.46. The normalized spacial score (nSPS) is 11.1. The Hall–Kier alpha value is -3.76. The van der Waals surface area contributed by atoms with Crippen molar-refractivity contribution >= 4 is 38.1 Å². The second kappa shape index (κ2) is 9.62. The van der Waals surface area contributed by atoms with Crippen LogP contribution in [0.4, 0.5) is 10.8 Å². The number of amides is 1. The van der Waals surface area contributed by atoms with Gasteiger partial charge >= 0.3 is 0 Å². The number of benzene rings is 3. The molecule has 0 aliphatic heterocycles. The summed E-state index contributed by atoms with van der Waals surface area (Å²) in [5.41, 5.74) is 3.21. The Morgan fingerprint density at radius 3 is 2.29 bits per heavy atom. The molecule has 0 bridgehead atoms. The van der Waals surface area contributed by atoms with Gasteiger partial charge in [-0.1, -0.05) is 29.0 Å². The Morgan fingerprint density at radius 2 is 1.65 bits per heavy atom. The van der Waals surface area contributed by atoms with Gasteiger partial charge in [0.25, 0.3) is 15.9 Å². The van der Waals surface area contributed by atoms with Crippen molar-refractivity contribution in [2.45, 2.75) is 18.7 Å². The maximum absolute atomic E-state index is 12.7. The van der Waals surface area contributed by atoms with E-state index in [9.17, 15) is 13.2 Å². The lowest BCUT2D eigenvalue weighted by Crippen LogP contribution is -2.15. The van der Waals surface area contributed by atoms with E-state index < -0.39 is 10.0 Å². The highest BCUT2D eigenvalue weighted by Crippen LogP contribution is 2.28. The maximum Gasteiger partial charge on any atom is 0.261 e. The molecule has 4 rings (SSSR count). The number of aryl methyl sites for hydroxylation is 2. The third kappa shape index (κ3) is 5.24. The number of nitrogens with zero attached hydrogens (tertiary/aromatic N) is 2. The summed E-state index contributed by atoms with van der Waals surface area (Å²) in [6.07, 6.45) is 0. The molecule has 34 heavy (non-hydrogen) atoms. The topological polar surface area (TPSA) is 110 Å². The minimum Gasteiger partial charge on any atom is -0.497 e. The molecular formula is C24H22N4O4S2. The highest BCUT2D eigenvalue weighted by molar-refractivity contribution is 7.92. The van der Waals surface area contributed by atoms with E-state index in [0.717, 1.165) is 16.9 Å². The standard InChI is InChI=1S/C24H22N4O4S2/c1-15-4-11-20(12-5-15)34(30,31)28-21-13-8-18(14-16(21)2)22(29)25-24-27-26-23(33-24)17-6-9-19(32-3)10-7-17/h4-14,28H,1-3H3,(H,25,27,29). The number of nitrogens with one attached hydrogen (secondary N) is 2. The summed E-state index contributed by atoms with van der Waals surface area (Å²) >= 11 is 1.25. The number of carbonyl (C=O) groups excluding carboxylic acids is 1. The Labute approximate surface area is 201 Å². The maximum atomic E-state index is 12.7. The van der Waals surface area contributed by atoms with Gasteiger partial charge in [-0.2, -0.15) is 0 Å². The predicted octanol–water partition coefficient (Wildman–Crippen LogP) is 4.88. The van der Waals surface area contributed by atoms with Crippen molar-refractivity contribution in [1.82, 2.24) is 10.2 Å². The predicted molar refractivity (Wildman–Crippen MR) is 133 cm³/mol. The van der Waals surface area contributed by atoms with Gasteiger partial charge in [-0.25, -0.2) is 8.42 Å². The molecule has 1 heterocycles. The van der Waals surface area contributed by atoms with Crippen LogP contribution in [0.3, 0.4) is 0 Å². The van der Waals surface area contributed by atoms with Crippen LogP contribution in [0.5, 0.6) is 5.75 Å². The van der Waals surface area contributed by atoms with Crippen LogP contribution in [0, 0.1) is 13.8 Å². The molecule has 0 radical (unpaired) electrons. The monoisotopic (exact) mass is 494 g/mol. The van der Waals surface area contributed by atoms with Crippen molar-refractivity contribution in [2.75, 3.05) is 17.1 Å². The van der Waals surface area contributed by atoms with Crippen molar-refractivity contribution in [3.63, 3.8) is 0 Å². The van der Waals surface area contributed by atoms with Crippen LogP contribution >= 0.6 is 11.3 Å². The molecule has 8 nitrogen and oxygen atoms in total. The molecular weight excluding hydrogens is 472 g/mol. The number of ether oxygens (including phenoxy) is 1. The minimum absolute atomic E-state index is 0.170. The fraction of sp³-hybridized carbons (Fsp3) is 0.125. The molecule has 0 atom stereocenters. The van der Waals surface area contributed by atoms with E-state index in [1.165, 1.54) is 11.3 Å². The number of hydrogen-bond donors (Lipinski definition) is 2. The summed E-state index contributed by atoms with van der Waals surface area (Å²) < 4.78 is 33.1. The number of anilines is 2. The van der Waals surface area contributed by atoms with Crippen molar-refractivity contribution < 1.29 is 17.9 Å². The molecule has 4 aromatic rings. The molecule has 0 aliphatic rings. The number of sulfonamides is 1. The fourth-order valence-electron chi connectivity index (χ4n) is 3.13. The van der Waals surface area contributed by atoms with Crippen LogP contribution in [-0.4, -0.2) is 31.6 Å². The SMILES string of the molecule is COc1ccc(-c2nnc(NC(=O)c3ccc(NS(=O)(=O)c4ccc(C)cc4)c(C)c3)s2)cc1. The van der Waals surface area contributed by atoms with Crippen LogP contribution in [0.25, 0.3) is 10.6 Å². The van der Waals surface area contributed by atoms with Gasteiger partial charge in [-0.3, -0.25) is 14.8 Å². The Bertz CT molecular complexity index is 1430. The average molecular weight is 495 g/mol. The van der Waals surface area contributed by atoms with Gasteiger partial charge in [-0.15, -0.1) is 10.2 Å². The van der Waals surface area contributed by atoms with E-state index in [0.29, 0.717) is 27.0 Å². The van der Waals surface area contributed by atoms with Crippen LogP contribution in [0.2, 0.25) is 0 Å². The summed E-state index contributed by atoms with van der Waals surface area (Å²) in [5.74, 6) is 0.371. The van der Waals surface area contributed by atoms with E-state index in [2.05, 4.69) is 20.2 Å². The first-order chi connectivity index (χ1) is 16.2. The molecule has 2 N–H and O–H groups in total. The third-order valence-corrected chi connectivity index (χ3v) is 7.32. The first kappa shape index (κ1) is 23.4. The van der Waals surface area contributed by atoms with Gasteiger partial charge in [-0.05, 0) is 74.0 Å². The van der Waals surface area contributed by atoms with Gasteiger partial charge in [0.2, 0.25) is 5.13 Å². The largest absolute Gasteiger partial charge is 0.497 e. The molecule has 0 saturated heterocycles. The van der Waals surface area contributed by atoms with Crippen molar-refractivity contribution in [3.8, 4) is 16.3 Å². The van der Waals surface area contributed by atoms with E-state index in [1.54, 1.807) is 56.5 Å². The lowest BCUT2D eigenvalue weighted by Gasteiger charge is -2.12. The van der Waals surface area contributed by atoms with Gasteiger partial charge in [0, 0.05) is 11.1 Å². The molecule has 3 aromatic carbocycles. The van der Waals surface area contributed by atoms with E-state index in [1.807, 2.05) is 31.2 Å². The zero-order chi connectivity index (χ0) is 24.3. The number of hydrogen-bond acceptors (Lipinski definition) is 7. The van der Waals surface area contributed by atoms with Gasteiger partial charge in [0.05, 0.1) is 17.7 Å².